The number of esters is 1. The van der Waals surface area contributed by atoms with E-state index in [0.29, 0.717) is 6.61 Å². The normalized spacial score (nSPS) is 9.38. The zero-order valence-corrected chi connectivity index (χ0v) is 12.2. The molecule has 0 atom stereocenters. The number of carbonyl (C=O) groups is 2. The van der Waals surface area contributed by atoms with Crippen molar-refractivity contribution in [3.63, 3.8) is 0 Å². The molecule has 0 rings (SSSR count). The van der Waals surface area contributed by atoms with Crippen LogP contribution in [-0.4, -0.2) is 72.1 Å². The van der Waals surface area contributed by atoms with Crippen LogP contribution in [0.3, 0.4) is 0 Å². The van der Waals surface area contributed by atoms with Crippen molar-refractivity contribution in [2.75, 3.05) is 6.61 Å². The van der Waals surface area contributed by atoms with Crippen LogP contribution < -0.4 is 0 Å². The van der Waals surface area contributed by atoms with E-state index in [4.69, 9.17) is 9.84 Å². The van der Waals surface area contributed by atoms with Gasteiger partial charge in [0.1, 0.15) is 6.42 Å². The third kappa shape index (κ3) is 22.9. The van der Waals surface area contributed by atoms with Gasteiger partial charge in [-0.05, 0) is 6.42 Å². The van der Waals surface area contributed by atoms with E-state index in [-0.39, 0.29) is 48.4 Å². The Labute approximate surface area is 163 Å². The number of ether oxygens (including phenoxy) is 1. The summed E-state index contributed by atoms with van der Waals surface area (Å²) in [5.74, 6) is -1.77. The van der Waals surface area contributed by atoms with Crippen molar-refractivity contribution in [2.24, 2.45) is 0 Å². The van der Waals surface area contributed by atoms with Crippen molar-refractivity contribution in [1.29, 1.82) is 0 Å². The minimum absolute atomic E-state index is 0. The Morgan fingerprint density at radius 1 is 0.857 bits per heavy atom. The SMILES string of the molecule is CCCCCCCCCCCCOC(=O)CC(=O)O.[LiH].[NaH]. The van der Waals surface area contributed by atoms with Crippen molar-refractivity contribution in [3.8, 4) is 0 Å². The fourth-order valence-corrected chi connectivity index (χ4v) is 1.95. The summed E-state index contributed by atoms with van der Waals surface area (Å²) in [6, 6.07) is 0. The summed E-state index contributed by atoms with van der Waals surface area (Å²) in [6.07, 6.45) is 11.7. The number of carboxylic acids is 1. The molecular formula is C15H30LiNaO4. The molecule has 0 bridgehead atoms. The van der Waals surface area contributed by atoms with Gasteiger partial charge < -0.3 is 9.84 Å². The molecule has 6 heteroatoms. The molecule has 116 valence electrons. The molecule has 0 spiro atoms. The molecule has 0 amide bonds. The Kier molecular flexibility index (Phi) is 25.9. The molecule has 1 N–H and O–H groups in total. The third-order valence-electron chi connectivity index (χ3n) is 3.06. The van der Waals surface area contributed by atoms with E-state index < -0.39 is 18.4 Å². The van der Waals surface area contributed by atoms with Crippen LogP contribution in [0.15, 0.2) is 0 Å². The van der Waals surface area contributed by atoms with E-state index in [1.807, 2.05) is 0 Å². The van der Waals surface area contributed by atoms with Crippen LogP contribution >= 0.6 is 0 Å². The molecule has 0 aromatic carbocycles. The quantitative estimate of drug-likeness (QED) is 0.246. The Hall–Kier alpha value is 0.537. The summed E-state index contributed by atoms with van der Waals surface area (Å²) in [4.78, 5) is 21.1. The first-order chi connectivity index (χ1) is 9.16. The van der Waals surface area contributed by atoms with Crippen molar-refractivity contribution in [1.82, 2.24) is 0 Å². The second-order valence-electron chi connectivity index (χ2n) is 4.97. The Bertz CT molecular complexity index is 250. The maximum absolute atomic E-state index is 10.9. The van der Waals surface area contributed by atoms with Crippen LogP contribution in [0.2, 0.25) is 0 Å². The predicted molar refractivity (Wildman–Crippen MR) is 89.4 cm³/mol. The molecule has 0 radical (unpaired) electrons. The number of hydrogen-bond acceptors (Lipinski definition) is 3. The maximum atomic E-state index is 10.9. The van der Waals surface area contributed by atoms with Gasteiger partial charge in [0, 0.05) is 0 Å². The summed E-state index contributed by atoms with van der Waals surface area (Å²) in [5.41, 5.74) is 0. The van der Waals surface area contributed by atoms with Crippen molar-refractivity contribution in [2.45, 2.75) is 77.6 Å². The Balaban J connectivity index is -0.00000162. The standard InChI is InChI=1S/C15H28O4.Li.Na.2H/c1-2-3-4-5-6-7-8-9-10-11-12-19-15(18)13-14(16)17;;;;/h2-13H2,1H3,(H,16,17);;;;. The van der Waals surface area contributed by atoms with Crippen molar-refractivity contribution in [3.05, 3.63) is 0 Å². The number of carbonyl (C=O) groups excluding carboxylic acids is 1. The molecule has 0 aromatic heterocycles. The topological polar surface area (TPSA) is 63.6 Å². The molecule has 0 heterocycles. The van der Waals surface area contributed by atoms with Gasteiger partial charge in [-0.2, -0.15) is 0 Å². The zero-order valence-electron chi connectivity index (χ0n) is 12.2. The van der Waals surface area contributed by atoms with Gasteiger partial charge in [-0.25, -0.2) is 0 Å². The van der Waals surface area contributed by atoms with Gasteiger partial charge >= 0.3 is 60.4 Å². The number of unbranched alkanes of at least 4 members (excludes halogenated alkanes) is 9. The average Bonchev–Trinajstić information content (AvgIpc) is 2.35. The molecule has 0 fully saturated rings. The summed E-state index contributed by atoms with van der Waals surface area (Å²) >= 11 is 0. The second-order valence-corrected chi connectivity index (χ2v) is 4.97. The van der Waals surface area contributed by atoms with Crippen LogP contribution in [0, 0.1) is 0 Å². The van der Waals surface area contributed by atoms with Crippen LogP contribution in [0.1, 0.15) is 77.6 Å². The van der Waals surface area contributed by atoms with Gasteiger partial charge in [-0.3, -0.25) is 9.59 Å². The first-order valence-corrected chi connectivity index (χ1v) is 7.54. The van der Waals surface area contributed by atoms with Gasteiger partial charge in [-0.15, -0.1) is 0 Å². The van der Waals surface area contributed by atoms with Gasteiger partial charge in [0.25, 0.3) is 0 Å². The third-order valence-corrected chi connectivity index (χ3v) is 3.06. The van der Waals surface area contributed by atoms with Crippen LogP contribution in [-0.2, 0) is 14.3 Å². The van der Waals surface area contributed by atoms with Crippen molar-refractivity contribution < 1.29 is 19.4 Å². The van der Waals surface area contributed by atoms with Crippen LogP contribution in [0.25, 0.3) is 0 Å². The monoisotopic (exact) mass is 304 g/mol. The Morgan fingerprint density at radius 3 is 1.71 bits per heavy atom. The number of rotatable bonds is 13. The number of carboxylic acid groups (broad SMARTS) is 1. The van der Waals surface area contributed by atoms with Crippen LogP contribution in [0.4, 0.5) is 0 Å². The predicted octanol–water partition coefficient (Wildman–Crippen LogP) is 2.63. The van der Waals surface area contributed by atoms with Crippen molar-refractivity contribution >= 4 is 60.4 Å². The van der Waals surface area contributed by atoms with E-state index in [1.54, 1.807) is 0 Å². The van der Waals surface area contributed by atoms with E-state index in [2.05, 4.69) is 6.92 Å². The average molecular weight is 304 g/mol. The molecule has 0 aliphatic heterocycles. The molecule has 21 heavy (non-hydrogen) atoms. The van der Waals surface area contributed by atoms with Gasteiger partial charge in [0.2, 0.25) is 0 Å². The molecule has 4 nitrogen and oxygen atoms in total. The molecular weight excluding hydrogens is 274 g/mol. The molecule has 0 aliphatic rings. The summed E-state index contributed by atoms with van der Waals surface area (Å²) in [6.45, 7) is 2.58. The fourth-order valence-electron chi connectivity index (χ4n) is 1.95. The molecule has 0 aromatic rings. The van der Waals surface area contributed by atoms with Gasteiger partial charge in [0.05, 0.1) is 6.61 Å². The summed E-state index contributed by atoms with van der Waals surface area (Å²) in [7, 11) is 0. The van der Waals surface area contributed by atoms with E-state index in [9.17, 15) is 9.59 Å². The summed E-state index contributed by atoms with van der Waals surface area (Å²) in [5, 5.41) is 8.36. The van der Waals surface area contributed by atoms with E-state index in [0.717, 1.165) is 12.8 Å². The molecule has 0 saturated heterocycles. The molecule has 0 saturated carbocycles. The minimum atomic E-state index is -1.13. The van der Waals surface area contributed by atoms with Crippen LogP contribution in [0.5, 0.6) is 0 Å². The molecule has 0 unspecified atom stereocenters. The van der Waals surface area contributed by atoms with Gasteiger partial charge in [0.15, 0.2) is 0 Å². The summed E-state index contributed by atoms with van der Waals surface area (Å²) < 4.78 is 4.81. The number of aliphatic carboxylic acids is 1. The van der Waals surface area contributed by atoms with E-state index in [1.165, 1.54) is 51.4 Å². The second kappa shape index (κ2) is 20.5. The first-order valence-electron chi connectivity index (χ1n) is 7.54. The Morgan fingerprint density at radius 2 is 1.29 bits per heavy atom. The first kappa shape index (κ1) is 26.4. The fraction of sp³-hybridized carbons (Fsp3) is 0.867. The van der Waals surface area contributed by atoms with E-state index >= 15 is 0 Å². The number of hydrogen-bond donors (Lipinski definition) is 1. The van der Waals surface area contributed by atoms with Gasteiger partial charge in [-0.1, -0.05) is 64.7 Å². The zero-order chi connectivity index (χ0) is 14.3. The molecule has 0 aliphatic carbocycles.